The van der Waals surface area contributed by atoms with Crippen LogP contribution in [0, 0.1) is 5.92 Å². The lowest BCUT2D eigenvalue weighted by atomic mass is 10.0. The average molecular weight is 215 g/mol. The Morgan fingerprint density at radius 1 is 1.57 bits per heavy atom. The number of nitrogens with zero attached hydrogens (tertiary/aromatic N) is 1. The van der Waals surface area contributed by atoms with Crippen LogP contribution in [0.25, 0.3) is 0 Å². The second-order valence-corrected chi connectivity index (χ2v) is 5.04. The number of rotatable bonds is 2. The van der Waals surface area contributed by atoms with Gasteiger partial charge in [0.25, 0.3) is 0 Å². The van der Waals surface area contributed by atoms with Crippen LogP contribution >= 0.6 is 12.2 Å². The van der Waals surface area contributed by atoms with E-state index in [-0.39, 0.29) is 17.4 Å². The van der Waals surface area contributed by atoms with Crippen molar-refractivity contribution < 1.29 is 9.63 Å². The van der Waals surface area contributed by atoms with Gasteiger partial charge in [-0.05, 0) is 20.3 Å². The molecule has 14 heavy (non-hydrogen) atoms. The summed E-state index contributed by atoms with van der Waals surface area (Å²) >= 11 is 5.14. The van der Waals surface area contributed by atoms with E-state index in [2.05, 4.69) is 0 Å². The lowest BCUT2D eigenvalue weighted by Gasteiger charge is -2.31. The van der Waals surface area contributed by atoms with Gasteiger partial charge < -0.3 is 4.84 Å². The number of thiocarbonyl (C=S) groups is 1. The van der Waals surface area contributed by atoms with E-state index in [0.717, 1.165) is 17.8 Å². The summed E-state index contributed by atoms with van der Waals surface area (Å²) < 4.78 is 0. The molecule has 1 aliphatic rings. The van der Waals surface area contributed by atoms with Crippen molar-refractivity contribution in [2.45, 2.75) is 46.1 Å². The minimum absolute atomic E-state index is 0.116. The molecular formula is C10H17NO2S. The molecule has 0 aromatic carbocycles. The summed E-state index contributed by atoms with van der Waals surface area (Å²) in [5.74, 6) is -0.337. The lowest BCUT2D eigenvalue weighted by molar-refractivity contribution is -0.189. The minimum atomic E-state index is -0.220. The first-order valence-electron chi connectivity index (χ1n) is 4.89. The van der Waals surface area contributed by atoms with Gasteiger partial charge in [-0.1, -0.05) is 26.1 Å². The monoisotopic (exact) mass is 215 g/mol. The summed E-state index contributed by atoms with van der Waals surface area (Å²) in [4.78, 5) is 17.4. The topological polar surface area (TPSA) is 29.5 Å². The molecule has 0 bridgehead atoms. The molecule has 1 heterocycles. The standard InChI is InChI=1S/C10H17NO2S/c1-7(2)9(12)13-11-8(14)5-6-10(11,3)4/h7H,5-6H2,1-4H3. The summed E-state index contributed by atoms with van der Waals surface area (Å²) in [5.41, 5.74) is -0.151. The molecule has 3 nitrogen and oxygen atoms in total. The number of carbonyl (C=O) groups excluding carboxylic acids is 1. The number of hydrogen-bond donors (Lipinski definition) is 0. The van der Waals surface area contributed by atoms with Crippen LogP contribution in [0.2, 0.25) is 0 Å². The first kappa shape index (κ1) is 11.4. The van der Waals surface area contributed by atoms with Gasteiger partial charge in [0, 0.05) is 6.42 Å². The zero-order valence-corrected chi connectivity index (χ0v) is 9.98. The van der Waals surface area contributed by atoms with Gasteiger partial charge in [0.1, 0.15) is 4.99 Å². The Morgan fingerprint density at radius 3 is 2.50 bits per heavy atom. The molecule has 80 valence electrons. The van der Waals surface area contributed by atoms with Crippen LogP contribution in [0.5, 0.6) is 0 Å². The third kappa shape index (κ3) is 2.23. The molecule has 1 rings (SSSR count). The SMILES string of the molecule is CC(C)C(=O)ON1C(=S)CCC1(C)C. The number of hydroxylamine groups is 2. The van der Waals surface area contributed by atoms with Crippen LogP contribution in [0.4, 0.5) is 0 Å². The quantitative estimate of drug-likeness (QED) is 0.661. The van der Waals surface area contributed by atoms with E-state index in [0.29, 0.717) is 0 Å². The fourth-order valence-electron chi connectivity index (χ4n) is 1.32. The van der Waals surface area contributed by atoms with Gasteiger partial charge in [-0.3, -0.25) is 0 Å². The van der Waals surface area contributed by atoms with Gasteiger partial charge in [-0.25, -0.2) is 4.79 Å². The van der Waals surface area contributed by atoms with Crippen molar-refractivity contribution in [1.29, 1.82) is 0 Å². The van der Waals surface area contributed by atoms with Crippen molar-refractivity contribution in [3.63, 3.8) is 0 Å². The van der Waals surface area contributed by atoms with E-state index in [1.165, 1.54) is 0 Å². The molecule has 0 amide bonds. The van der Waals surface area contributed by atoms with Gasteiger partial charge >= 0.3 is 5.97 Å². The fraction of sp³-hybridized carbons (Fsp3) is 0.800. The highest BCUT2D eigenvalue weighted by Gasteiger charge is 2.38. The Balaban J connectivity index is 2.67. The zero-order chi connectivity index (χ0) is 10.9. The van der Waals surface area contributed by atoms with E-state index in [9.17, 15) is 4.79 Å². The van der Waals surface area contributed by atoms with Crippen LogP contribution in [-0.4, -0.2) is 21.6 Å². The average Bonchev–Trinajstić information content (AvgIpc) is 2.31. The normalized spacial score (nSPS) is 20.4. The largest absolute Gasteiger partial charge is 0.340 e. The van der Waals surface area contributed by atoms with Gasteiger partial charge in [0.15, 0.2) is 0 Å². The summed E-state index contributed by atoms with van der Waals surface area (Å²) in [5, 5.41) is 1.59. The molecule has 4 heteroatoms. The molecule has 0 N–H and O–H groups in total. The molecule has 0 aromatic rings. The van der Waals surface area contributed by atoms with E-state index < -0.39 is 0 Å². The molecule has 1 fully saturated rings. The zero-order valence-electron chi connectivity index (χ0n) is 9.16. The molecule has 1 aliphatic heterocycles. The molecule has 0 aromatic heterocycles. The van der Waals surface area contributed by atoms with Crippen LogP contribution < -0.4 is 0 Å². The van der Waals surface area contributed by atoms with E-state index in [1.807, 2.05) is 27.7 Å². The van der Waals surface area contributed by atoms with E-state index in [4.69, 9.17) is 17.1 Å². The van der Waals surface area contributed by atoms with Crippen LogP contribution in [-0.2, 0) is 9.63 Å². The molecular weight excluding hydrogens is 198 g/mol. The van der Waals surface area contributed by atoms with Crippen molar-refractivity contribution in [2.24, 2.45) is 5.92 Å². The van der Waals surface area contributed by atoms with Gasteiger partial charge in [-0.15, -0.1) is 0 Å². The predicted octanol–water partition coefficient (Wildman–Crippen LogP) is 2.30. The van der Waals surface area contributed by atoms with Crippen molar-refractivity contribution >= 4 is 23.2 Å². The highest BCUT2D eigenvalue weighted by atomic mass is 32.1. The molecule has 1 saturated heterocycles. The van der Waals surface area contributed by atoms with Crippen LogP contribution in [0.15, 0.2) is 0 Å². The van der Waals surface area contributed by atoms with Gasteiger partial charge in [-0.2, -0.15) is 5.06 Å². The van der Waals surface area contributed by atoms with Crippen molar-refractivity contribution in [3.8, 4) is 0 Å². The molecule has 0 aliphatic carbocycles. The third-order valence-corrected chi connectivity index (χ3v) is 2.75. The van der Waals surface area contributed by atoms with Crippen LogP contribution in [0.3, 0.4) is 0 Å². The molecule has 0 spiro atoms. The number of carbonyl (C=O) groups is 1. The number of hydrogen-bond acceptors (Lipinski definition) is 3. The summed E-state index contributed by atoms with van der Waals surface area (Å²) in [6.07, 6.45) is 1.77. The minimum Gasteiger partial charge on any atom is -0.340 e. The van der Waals surface area contributed by atoms with Crippen LogP contribution in [0.1, 0.15) is 40.5 Å². The Kier molecular flexibility index (Phi) is 3.14. The maximum absolute atomic E-state index is 11.4. The third-order valence-electron chi connectivity index (χ3n) is 2.38. The Hall–Kier alpha value is -0.640. The summed E-state index contributed by atoms with van der Waals surface area (Å²) in [7, 11) is 0. The van der Waals surface area contributed by atoms with Gasteiger partial charge in [0.2, 0.25) is 0 Å². The second-order valence-electron chi connectivity index (χ2n) is 4.57. The Morgan fingerprint density at radius 2 is 2.14 bits per heavy atom. The highest BCUT2D eigenvalue weighted by Crippen LogP contribution is 2.30. The Bertz CT molecular complexity index is 261. The first-order valence-corrected chi connectivity index (χ1v) is 5.30. The van der Waals surface area contributed by atoms with E-state index in [1.54, 1.807) is 5.06 Å². The lowest BCUT2D eigenvalue weighted by Crippen LogP contribution is -2.42. The fourth-order valence-corrected chi connectivity index (χ4v) is 1.71. The van der Waals surface area contributed by atoms with Gasteiger partial charge in [0.05, 0.1) is 11.5 Å². The summed E-state index contributed by atoms with van der Waals surface area (Å²) in [6.45, 7) is 7.68. The smallest absolute Gasteiger partial charge is 0.334 e. The van der Waals surface area contributed by atoms with Crippen molar-refractivity contribution in [3.05, 3.63) is 0 Å². The highest BCUT2D eigenvalue weighted by molar-refractivity contribution is 7.80. The predicted molar refractivity (Wildman–Crippen MR) is 58.7 cm³/mol. The van der Waals surface area contributed by atoms with Crippen molar-refractivity contribution in [1.82, 2.24) is 5.06 Å². The van der Waals surface area contributed by atoms with E-state index >= 15 is 0 Å². The summed E-state index contributed by atoms with van der Waals surface area (Å²) in [6, 6.07) is 0. The molecule has 0 radical (unpaired) electrons. The Labute approximate surface area is 90.4 Å². The molecule has 0 unspecified atom stereocenters. The molecule has 0 atom stereocenters. The second kappa shape index (κ2) is 3.85. The first-order chi connectivity index (χ1) is 6.34. The molecule has 0 saturated carbocycles. The maximum atomic E-state index is 11.4. The van der Waals surface area contributed by atoms with Crippen molar-refractivity contribution in [2.75, 3.05) is 0 Å². The maximum Gasteiger partial charge on any atom is 0.334 e.